The van der Waals surface area contributed by atoms with E-state index in [1.54, 1.807) is 18.3 Å². The van der Waals surface area contributed by atoms with Crippen LogP contribution >= 0.6 is 0 Å². The lowest BCUT2D eigenvalue weighted by molar-refractivity contribution is -0.127. The van der Waals surface area contributed by atoms with Crippen LogP contribution < -0.4 is 5.73 Å². The van der Waals surface area contributed by atoms with Gasteiger partial charge in [0.1, 0.15) is 11.9 Å². The Hall–Kier alpha value is -1.13. The highest BCUT2D eigenvalue weighted by molar-refractivity contribution is 5.41. The van der Waals surface area contributed by atoms with Crippen molar-refractivity contribution in [1.82, 2.24) is 4.98 Å². The van der Waals surface area contributed by atoms with Crippen molar-refractivity contribution >= 4 is 5.82 Å². The monoisotopic (exact) mass is 238 g/mol. The molecule has 17 heavy (non-hydrogen) atoms. The van der Waals surface area contributed by atoms with Gasteiger partial charge in [0.05, 0.1) is 5.60 Å². The number of anilines is 1. The average molecular weight is 238 g/mol. The Kier molecular flexibility index (Phi) is 4.90. The van der Waals surface area contributed by atoms with Crippen molar-refractivity contribution in [3.05, 3.63) is 23.9 Å². The van der Waals surface area contributed by atoms with Crippen LogP contribution in [0, 0.1) is 0 Å². The minimum absolute atomic E-state index is 0.367. The number of ether oxygens (including phenoxy) is 1. The van der Waals surface area contributed by atoms with Crippen LogP contribution in [0.15, 0.2) is 18.3 Å². The number of pyridine rings is 1. The number of aliphatic hydroxyl groups excluding tert-OH is 1. The summed E-state index contributed by atoms with van der Waals surface area (Å²) >= 11 is 0. The maximum atomic E-state index is 10.5. The Morgan fingerprint density at radius 2 is 2.06 bits per heavy atom. The van der Waals surface area contributed by atoms with Crippen LogP contribution in [0.3, 0.4) is 0 Å². The van der Waals surface area contributed by atoms with Crippen LogP contribution in [0.5, 0.6) is 0 Å². The molecule has 3 N–H and O–H groups in total. The third-order valence-electron chi connectivity index (χ3n) is 3.29. The molecule has 0 aliphatic rings. The molecule has 1 rings (SSSR count). The first-order valence-electron chi connectivity index (χ1n) is 6.13. The topological polar surface area (TPSA) is 68.4 Å². The summed E-state index contributed by atoms with van der Waals surface area (Å²) in [6.07, 6.45) is 2.33. The van der Waals surface area contributed by atoms with Gasteiger partial charge < -0.3 is 15.6 Å². The predicted molar refractivity (Wildman–Crippen MR) is 68.5 cm³/mol. The molecule has 4 nitrogen and oxygen atoms in total. The molecule has 1 aromatic heterocycles. The van der Waals surface area contributed by atoms with E-state index in [2.05, 4.69) is 4.98 Å². The molecule has 0 bridgehead atoms. The first-order valence-corrected chi connectivity index (χ1v) is 6.13. The number of nitrogens with zero attached hydrogens (tertiary/aromatic N) is 1. The number of hydrogen-bond acceptors (Lipinski definition) is 4. The lowest BCUT2D eigenvalue weighted by Crippen LogP contribution is -2.38. The van der Waals surface area contributed by atoms with Gasteiger partial charge in [0, 0.05) is 18.4 Å². The van der Waals surface area contributed by atoms with E-state index in [0.717, 1.165) is 12.8 Å². The van der Waals surface area contributed by atoms with Gasteiger partial charge in [-0.1, -0.05) is 19.9 Å². The van der Waals surface area contributed by atoms with Crippen LogP contribution in [-0.4, -0.2) is 22.3 Å². The average Bonchev–Trinajstić information content (AvgIpc) is 2.36. The van der Waals surface area contributed by atoms with E-state index in [1.807, 2.05) is 20.8 Å². The molecule has 0 spiro atoms. The molecule has 1 aromatic rings. The first-order chi connectivity index (χ1) is 8.11. The standard InChI is InChI=1S/C13H22N2O2/c1-4-13(5-2,17-6-3)11(16)10-8-7-9-15-12(10)14/h7-9,11,16H,4-6H2,1-3H3,(H2,14,15). The zero-order chi connectivity index (χ0) is 12.9. The molecule has 0 aliphatic heterocycles. The molecular weight excluding hydrogens is 216 g/mol. The molecule has 0 saturated heterocycles. The number of aliphatic hydroxyl groups is 1. The number of hydrogen-bond donors (Lipinski definition) is 2. The number of nitrogens with two attached hydrogens (primary N) is 1. The van der Waals surface area contributed by atoms with Crippen molar-refractivity contribution in [3.8, 4) is 0 Å². The minimum atomic E-state index is -0.744. The Morgan fingerprint density at radius 1 is 1.41 bits per heavy atom. The van der Waals surface area contributed by atoms with E-state index >= 15 is 0 Å². The molecule has 1 unspecified atom stereocenters. The van der Waals surface area contributed by atoms with E-state index in [1.165, 1.54) is 0 Å². The van der Waals surface area contributed by atoms with Crippen molar-refractivity contribution in [2.45, 2.75) is 45.3 Å². The highest BCUT2D eigenvalue weighted by Gasteiger charge is 2.37. The SMILES string of the molecule is CCOC(CC)(CC)C(O)c1cccnc1N. The van der Waals surface area contributed by atoms with Crippen molar-refractivity contribution in [1.29, 1.82) is 0 Å². The van der Waals surface area contributed by atoms with Crippen LogP contribution in [0.25, 0.3) is 0 Å². The molecule has 1 atom stereocenters. The van der Waals surface area contributed by atoms with E-state index in [4.69, 9.17) is 10.5 Å². The van der Waals surface area contributed by atoms with Gasteiger partial charge >= 0.3 is 0 Å². The summed E-state index contributed by atoms with van der Waals surface area (Å²) in [5.41, 5.74) is 5.86. The third-order valence-corrected chi connectivity index (χ3v) is 3.29. The fourth-order valence-corrected chi connectivity index (χ4v) is 2.15. The Bertz CT molecular complexity index is 351. The smallest absolute Gasteiger partial charge is 0.129 e. The van der Waals surface area contributed by atoms with Gasteiger partial charge in [0.2, 0.25) is 0 Å². The van der Waals surface area contributed by atoms with E-state index in [-0.39, 0.29) is 0 Å². The van der Waals surface area contributed by atoms with Crippen LogP contribution in [-0.2, 0) is 4.74 Å². The number of aromatic nitrogens is 1. The van der Waals surface area contributed by atoms with Crippen LogP contribution in [0.1, 0.15) is 45.3 Å². The van der Waals surface area contributed by atoms with Gasteiger partial charge in [-0.15, -0.1) is 0 Å². The molecule has 0 fully saturated rings. The largest absolute Gasteiger partial charge is 0.385 e. The second-order valence-corrected chi connectivity index (χ2v) is 4.09. The zero-order valence-corrected chi connectivity index (χ0v) is 10.8. The molecular formula is C13H22N2O2. The lowest BCUT2D eigenvalue weighted by atomic mass is 9.86. The van der Waals surface area contributed by atoms with Gasteiger partial charge in [-0.2, -0.15) is 0 Å². The van der Waals surface area contributed by atoms with Gasteiger partial charge in [0.15, 0.2) is 0 Å². The van der Waals surface area contributed by atoms with Crippen molar-refractivity contribution in [2.24, 2.45) is 0 Å². The summed E-state index contributed by atoms with van der Waals surface area (Å²) in [5.74, 6) is 0.367. The fourth-order valence-electron chi connectivity index (χ4n) is 2.15. The maximum absolute atomic E-state index is 10.5. The first kappa shape index (κ1) is 13.9. The molecule has 0 aromatic carbocycles. The molecule has 0 saturated carbocycles. The number of nitrogen functional groups attached to an aromatic ring is 1. The van der Waals surface area contributed by atoms with Crippen LogP contribution in [0.4, 0.5) is 5.82 Å². The number of rotatable bonds is 6. The molecule has 0 amide bonds. The molecule has 0 radical (unpaired) electrons. The van der Waals surface area contributed by atoms with Gasteiger partial charge in [-0.25, -0.2) is 4.98 Å². The second-order valence-electron chi connectivity index (χ2n) is 4.09. The van der Waals surface area contributed by atoms with Gasteiger partial charge in [0.25, 0.3) is 0 Å². The summed E-state index contributed by atoms with van der Waals surface area (Å²) in [4.78, 5) is 4.00. The summed E-state index contributed by atoms with van der Waals surface area (Å²) in [7, 11) is 0. The Labute approximate surface area is 103 Å². The summed E-state index contributed by atoms with van der Waals surface area (Å²) in [5, 5.41) is 10.5. The summed E-state index contributed by atoms with van der Waals surface area (Å²) < 4.78 is 5.77. The highest BCUT2D eigenvalue weighted by atomic mass is 16.5. The lowest BCUT2D eigenvalue weighted by Gasteiger charge is -2.36. The van der Waals surface area contributed by atoms with E-state index in [0.29, 0.717) is 18.0 Å². The van der Waals surface area contributed by atoms with Crippen molar-refractivity contribution in [3.63, 3.8) is 0 Å². The van der Waals surface area contributed by atoms with E-state index < -0.39 is 11.7 Å². The third kappa shape index (κ3) is 2.76. The Balaban J connectivity index is 3.07. The van der Waals surface area contributed by atoms with Crippen molar-refractivity contribution in [2.75, 3.05) is 12.3 Å². The maximum Gasteiger partial charge on any atom is 0.129 e. The highest BCUT2D eigenvalue weighted by Crippen LogP contribution is 2.36. The van der Waals surface area contributed by atoms with E-state index in [9.17, 15) is 5.11 Å². The minimum Gasteiger partial charge on any atom is -0.385 e. The predicted octanol–water partition coefficient (Wildman–Crippen LogP) is 2.29. The quantitative estimate of drug-likeness (QED) is 0.798. The molecule has 4 heteroatoms. The fraction of sp³-hybridized carbons (Fsp3) is 0.615. The molecule has 0 aliphatic carbocycles. The van der Waals surface area contributed by atoms with Crippen LogP contribution in [0.2, 0.25) is 0 Å². The summed E-state index contributed by atoms with van der Waals surface area (Å²) in [6, 6.07) is 3.57. The summed E-state index contributed by atoms with van der Waals surface area (Å²) in [6.45, 7) is 6.52. The molecule has 96 valence electrons. The van der Waals surface area contributed by atoms with Crippen molar-refractivity contribution < 1.29 is 9.84 Å². The second kappa shape index (κ2) is 5.98. The van der Waals surface area contributed by atoms with Gasteiger partial charge in [-0.3, -0.25) is 0 Å². The Morgan fingerprint density at radius 3 is 2.53 bits per heavy atom. The van der Waals surface area contributed by atoms with Gasteiger partial charge in [-0.05, 0) is 25.8 Å². The molecule has 1 heterocycles. The normalized spacial score (nSPS) is 13.6. The zero-order valence-electron chi connectivity index (χ0n) is 10.8.